The quantitative estimate of drug-likeness (QED) is 0.743. The van der Waals surface area contributed by atoms with E-state index in [0.717, 1.165) is 0 Å². The average Bonchev–Trinajstić information content (AvgIpc) is 2.38. The fourth-order valence-corrected chi connectivity index (χ4v) is 2.86. The first-order chi connectivity index (χ1) is 8.69. The van der Waals surface area contributed by atoms with Crippen molar-refractivity contribution in [1.29, 1.82) is 5.26 Å². The van der Waals surface area contributed by atoms with Crippen LogP contribution in [0.1, 0.15) is 24.1 Å². The van der Waals surface area contributed by atoms with E-state index in [0.29, 0.717) is 37.3 Å². The van der Waals surface area contributed by atoms with Gasteiger partial charge in [0, 0.05) is 18.3 Å². The van der Waals surface area contributed by atoms with Gasteiger partial charge in [0.2, 0.25) is 0 Å². The highest BCUT2D eigenvalue weighted by Gasteiger charge is 2.43. The zero-order chi connectivity index (χ0) is 12.6. The largest absolute Gasteiger partial charge is 0.383 e. The highest BCUT2D eigenvalue weighted by molar-refractivity contribution is 5.28. The van der Waals surface area contributed by atoms with Crippen LogP contribution >= 0.6 is 0 Å². The van der Waals surface area contributed by atoms with Gasteiger partial charge < -0.3 is 15.2 Å². The zero-order valence-electron chi connectivity index (χ0n) is 9.97. The third-order valence-corrected chi connectivity index (χ3v) is 3.65. The summed E-state index contributed by atoms with van der Waals surface area (Å²) in [7, 11) is 0. The van der Waals surface area contributed by atoms with Gasteiger partial charge in [0.15, 0.2) is 0 Å². The summed E-state index contributed by atoms with van der Waals surface area (Å²) in [6.07, 6.45) is 2.71. The van der Waals surface area contributed by atoms with Gasteiger partial charge in [-0.1, -0.05) is 0 Å². The summed E-state index contributed by atoms with van der Waals surface area (Å²) < 4.78 is 5.47. The molecule has 3 rings (SSSR count). The Morgan fingerprint density at radius 2 is 2.11 bits per heavy atom. The maximum absolute atomic E-state index is 10.8. The summed E-state index contributed by atoms with van der Waals surface area (Å²) in [5, 5.41) is 23.0. The Labute approximate surface area is 105 Å². The van der Waals surface area contributed by atoms with E-state index in [1.165, 1.54) is 6.20 Å². The third-order valence-electron chi connectivity index (χ3n) is 3.65. The molecule has 2 saturated heterocycles. The maximum atomic E-state index is 10.8. The van der Waals surface area contributed by atoms with Crippen LogP contribution in [0.3, 0.4) is 0 Å². The molecule has 18 heavy (non-hydrogen) atoms. The second-order valence-electron chi connectivity index (χ2n) is 5.08. The highest BCUT2D eigenvalue weighted by atomic mass is 16.5. The smallest absolute Gasteiger partial charge is 0.110 e. The van der Waals surface area contributed by atoms with Crippen LogP contribution in [0, 0.1) is 11.3 Å². The lowest BCUT2D eigenvalue weighted by Crippen LogP contribution is -2.58. The van der Waals surface area contributed by atoms with Gasteiger partial charge in [-0.3, -0.25) is 4.98 Å². The molecule has 2 atom stereocenters. The van der Waals surface area contributed by atoms with E-state index in [9.17, 15) is 5.11 Å². The number of hydrogen-bond acceptors (Lipinski definition) is 5. The summed E-state index contributed by atoms with van der Waals surface area (Å²) in [6.45, 7) is 1.27. The molecule has 0 spiro atoms. The molecule has 0 amide bonds. The number of aliphatic hydroxyl groups is 1. The Morgan fingerprint density at radius 3 is 2.67 bits per heavy atom. The molecule has 1 aromatic heterocycles. The number of fused-ring (bicyclic) bond motifs is 2. The number of aromatic nitrogens is 1. The van der Waals surface area contributed by atoms with Crippen molar-refractivity contribution in [1.82, 2.24) is 10.3 Å². The van der Waals surface area contributed by atoms with E-state index >= 15 is 0 Å². The molecule has 2 unspecified atom stereocenters. The predicted molar refractivity (Wildman–Crippen MR) is 63.6 cm³/mol. The number of nitrogens with zero attached hydrogens (tertiary/aromatic N) is 2. The Balaban J connectivity index is 1.87. The molecule has 2 aliphatic heterocycles. The van der Waals surface area contributed by atoms with Crippen LogP contribution in [-0.4, -0.2) is 35.4 Å². The van der Waals surface area contributed by atoms with Crippen molar-refractivity contribution in [3.8, 4) is 6.07 Å². The van der Waals surface area contributed by atoms with E-state index in [1.54, 1.807) is 12.1 Å². The number of rotatable bonds is 1. The molecule has 5 heteroatoms. The number of morpholine rings is 1. The molecule has 0 aliphatic carbocycles. The number of nitriles is 1. The first-order valence-electron chi connectivity index (χ1n) is 6.12. The van der Waals surface area contributed by atoms with E-state index in [2.05, 4.69) is 10.3 Å². The summed E-state index contributed by atoms with van der Waals surface area (Å²) in [5.41, 5.74) is 0.262. The molecule has 2 bridgehead atoms. The van der Waals surface area contributed by atoms with Crippen molar-refractivity contribution in [2.24, 2.45) is 0 Å². The van der Waals surface area contributed by atoms with Gasteiger partial charge in [0.25, 0.3) is 0 Å². The normalized spacial score (nSPS) is 34.9. The van der Waals surface area contributed by atoms with Crippen molar-refractivity contribution in [3.63, 3.8) is 0 Å². The molecule has 94 valence electrons. The second kappa shape index (κ2) is 4.32. The molecule has 2 fully saturated rings. The fourth-order valence-electron chi connectivity index (χ4n) is 2.86. The van der Waals surface area contributed by atoms with Gasteiger partial charge in [-0.05, 0) is 25.0 Å². The van der Waals surface area contributed by atoms with Crippen LogP contribution in [-0.2, 0) is 10.3 Å². The molecule has 0 aromatic carbocycles. The van der Waals surface area contributed by atoms with Gasteiger partial charge in [-0.2, -0.15) is 5.26 Å². The summed E-state index contributed by atoms with van der Waals surface area (Å²) in [6, 6.07) is 5.85. The lowest BCUT2D eigenvalue weighted by molar-refractivity contribution is -0.0823. The molecule has 2 aliphatic rings. The molecular formula is C13H15N3O2. The first kappa shape index (κ1) is 11.6. The average molecular weight is 245 g/mol. The van der Waals surface area contributed by atoms with Gasteiger partial charge in [0.1, 0.15) is 11.7 Å². The molecule has 0 saturated carbocycles. The predicted octanol–water partition coefficient (Wildman–Crippen LogP) is 0.292. The Morgan fingerprint density at radius 1 is 1.39 bits per heavy atom. The van der Waals surface area contributed by atoms with Crippen LogP contribution < -0.4 is 5.32 Å². The van der Waals surface area contributed by atoms with Crippen LogP contribution in [0.15, 0.2) is 18.3 Å². The van der Waals surface area contributed by atoms with Gasteiger partial charge >= 0.3 is 0 Å². The molecular weight excluding hydrogens is 230 g/mol. The number of piperidine rings is 1. The van der Waals surface area contributed by atoms with Crippen molar-refractivity contribution in [2.75, 3.05) is 13.2 Å². The van der Waals surface area contributed by atoms with E-state index < -0.39 is 5.60 Å². The highest BCUT2D eigenvalue weighted by Crippen LogP contribution is 2.35. The number of hydrogen-bond donors (Lipinski definition) is 2. The lowest BCUT2D eigenvalue weighted by Gasteiger charge is -2.44. The van der Waals surface area contributed by atoms with Gasteiger partial charge in [-0.15, -0.1) is 0 Å². The van der Waals surface area contributed by atoms with Crippen LogP contribution in [0.4, 0.5) is 0 Å². The lowest BCUT2D eigenvalue weighted by atomic mass is 9.80. The number of pyridine rings is 1. The van der Waals surface area contributed by atoms with Crippen molar-refractivity contribution in [2.45, 2.75) is 30.5 Å². The second-order valence-corrected chi connectivity index (χ2v) is 5.08. The number of nitrogens with one attached hydrogen (secondary N) is 1. The minimum atomic E-state index is -0.904. The van der Waals surface area contributed by atoms with Gasteiger partial charge in [0.05, 0.1) is 24.5 Å². The standard InChI is InChI=1S/C13H15N3O2/c14-5-9-1-2-12(15-6-9)13(17)3-10-7-18-8-11(4-13)16-10/h1-2,6,10-11,16-17H,3-4,7-8H2. The van der Waals surface area contributed by atoms with Crippen molar-refractivity contribution in [3.05, 3.63) is 29.6 Å². The van der Waals surface area contributed by atoms with Gasteiger partial charge in [-0.25, -0.2) is 0 Å². The van der Waals surface area contributed by atoms with E-state index in [-0.39, 0.29) is 12.1 Å². The minimum Gasteiger partial charge on any atom is -0.383 e. The monoisotopic (exact) mass is 245 g/mol. The van der Waals surface area contributed by atoms with Crippen LogP contribution in [0.5, 0.6) is 0 Å². The zero-order valence-corrected chi connectivity index (χ0v) is 9.97. The minimum absolute atomic E-state index is 0.181. The van der Waals surface area contributed by atoms with Crippen molar-refractivity contribution >= 4 is 0 Å². The molecule has 0 radical (unpaired) electrons. The Kier molecular flexibility index (Phi) is 2.78. The topological polar surface area (TPSA) is 78.2 Å². The Hall–Kier alpha value is -1.48. The summed E-state index contributed by atoms with van der Waals surface area (Å²) in [4.78, 5) is 4.23. The molecule has 5 nitrogen and oxygen atoms in total. The first-order valence-corrected chi connectivity index (χ1v) is 6.12. The molecule has 2 N–H and O–H groups in total. The summed E-state index contributed by atoms with van der Waals surface area (Å²) in [5.74, 6) is 0. The SMILES string of the molecule is N#Cc1ccc(C2(O)CC3COCC(C2)N3)nc1. The van der Waals surface area contributed by atoms with Crippen LogP contribution in [0.25, 0.3) is 0 Å². The van der Waals surface area contributed by atoms with Crippen molar-refractivity contribution < 1.29 is 9.84 Å². The van der Waals surface area contributed by atoms with Crippen LogP contribution in [0.2, 0.25) is 0 Å². The maximum Gasteiger partial charge on any atom is 0.110 e. The fraction of sp³-hybridized carbons (Fsp3) is 0.538. The summed E-state index contributed by atoms with van der Waals surface area (Å²) >= 11 is 0. The molecule has 1 aromatic rings. The van der Waals surface area contributed by atoms with E-state index in [4.69, 9.17) is 10.00 Å². The van der Waals surface area contributed by atoms with E-state index in [1.807, 2.05) is 6.07 Å². The third kappa shape index (κ3) is 1.99. The number of ether oxygens (including phenoxy) is 1. The molecule has 3 heterocycles. The Bertz CT molecular complexity index is 468.